The summed E-state index contributed by atoms with van der Waals surface area (Å²) in [6.07, 6.45) is -4.75. The number of alkyl halides is 3. The lowest BCUT2D eigenvalue weighted by Gasteiger charge is -2.13. The number of halogens is 4. The van der Waals surface area contributed by atoms with Crippen molar-refractivity contribution in [1.82, 2.24) is 0 Å². The van der Waals surface area contributed by atoms with E-state index in [-0.39, 0.29) is 17.4 Å². The molecule has 0 heterocycles. The summed E-state index contributed by atoms with van der Waals surface area (Å²) in [5.74, 6) is -0.420. The van der Waals surface area contributed by atoms with Crippen LogP contribution in [0.15, 0.2) is 18.2 Å². The van der Waals surface area contributed by atoms with Gasteiger partial charge in [0.15, 0.2) is 11.5 Å². The van der Waals surface area contributed by atoms with Crippen molar-refractivity contribution in [3.05, 3.63) is 23.2 Å². The summed E-state index contributed by atoms with van der Waals surface area (Å²) >= 11 is 5.54. The summed E-state index contributed by atoms with van der Waals surface area (Å²) in [5, 5.41) is 0.151. The van der Waals surface area contributed by atoms with Gasteiger partial charge < -0.3 is 9.47 Å². The molecule has 0 aliphatic rings. The minimum absolute atomic E-state index is 0.0132. The molecule has 84 valence electrons. The van der Waals surface area contributed by atoms with Gasteiger partial charge in [0.05, 0.1) is 6.61 Å². The van der Waals surface area contributed by atoms with Gasteiger partial charge in [0.25, 0.3) is 0 Å². The molecule has 0 amide bonds. The van der Waals surface area contributed by atoms with E-state index in [1.165, 1.54) is 12.1 Å². The number of ether oxygens (including phenoxy) is 2. The summed E-state index contributed by atoms with van der Waals surface area (Å²) < 4.78 is 44.6. The van der Waals surface area contributed by atoms with Crippen LogP contribution in [-0.2, 0) is 0 Å². The van der Waals surface area contributed by atoms with Gasteiger partial charge >= 0.3 is 6.36 Å². The zero-order chi connectivity index (χ0) is 11.5. The molecule has 0 saturated carbocycles. The Bertz CT molecular complexity index is 339. The molecule has 15 heavy (non-hydrogen) atoms. The fourth-order valence-corrected chi connectivity index (χ4v) is 1.12. The molecule has 0 atom stereocenters. The largest absolute Gasteiger partial charge is 0.573 e. The van der Waals surface area contributed by atoms with E-state index >= 15 is 0 Å². The van der Waals surface area contributed by atoms with E-state index in [1.54, 1.807) is 6.92 Å². The highest BCUT2D eigenvalue weighted by Crippen LogP contribution is 2.34. The molecule has 0 aliphatic carbocycles. The molecular formula is C9H8ClF3O2. The molecule has 0 aliphatic heterocycles. The first-order chi connectivity index (χ1) is 6.92. The molecule has 0 spiro atoms. The quantitative estimate of drug-likeness (QED) is 0.803. The molecule has 6 heteroatoms. The average Bonchev–Trinajstić information content (AvgIpc) is 2.07. The zero-order valence-electron chi connectivity index (χ0n) is 7.77. The molecule has 0 unspecified atom stereocenters. The van der Waals surface area contributed by atoms with Gasteiger partial charge in [-0.15, -0.1) is 13.2 Å². The fraction of sp³-hybridized carbons (Fsp3) is 0.333. The first kappa shape index (κ1) is 12.0. The lowest BCUT2D eigenvalue weighted by Crippen LogP contribution is -2.17. The van der Waals surface area contributed by atoms with Crippen LogP contribution in [0.3, 0.4) is 0 Å². The normalized spacial score (nSPS) is 11.3. The highest BCUT2D eigenvalue weighted by Gasteiger charge is 2.32. The second kappa shape index (κ2) is 4.61. The van der Waals surface area contributed by atoms with Gasteiger partial charge in [-0.2, -0.15) is 0 Å². The van der Waals surface area contributed by atoms with E-state index < -0.39 is 12.1 Å². The first-order valence-electron chi connectivity index (χ1n) is 4.10. The van der Waals surface area contributed by atoms with E-state index in [2.05, 4.69) is 4.74 Å². The van der Waals surface area contributed by atoms with Gasteiger partial charge in [0, 0.05) is 11.1 Å². The molecule has 0 fully saturated rings. The maximum Gasteiger partial charge on any atom is 0.573 e. The van der Waals surface area contributed by atoms with Gasteiger partial charge in [0.1, 0.15) is 0 Å². The Morgan fingerprint density at radius 1 is 1.27 bits per heavy atom. The Morgan fingerprint density at radius 2 is 1.93 bits per heavy atom. The van der Waals surface area contributed by atoms with Crippen LogP contribution in [0.25, 0.3) is 0 Å². The average molecular weight is 241 g/mol. The van der Waals surface area contributed by atoms with Crippen molar-refractivity contribution >= 4 is 11.6 Å². The summed E-state index contributed by atoms with van der Waals surface area (Å²) in [6.45, 7) is 1.90. The maximum absolute atomic E-state index is 12.0. The molecule has 1 aromatic carbocycles. The predicted molar refractivity (Wildman–Crippen MR) is 49.3 cm³/mol. The molecule has 1 aromatic rings. The lowest BCUT2D eigenvalue weighted by molar-refractivity contribution is -0.275. The third-order valence-electron chi connectivity index (χ3n) is 1.43. The highest BCUT2D eigenvalue weighted by molar-refractivity contribution is 6.30. The van der Waals surface area contributed by atoms with Crippen molar-refractivity contribution in [1.29, 1.82) is 0 Å². The van der Waals surface area contributed by atoms with Gasteiger partial charge in [-0.3, -0.25) is 0 Å². The standard InChI is InChI=1S/C9H8ClF3O2/c1-2-14-7-4-3-6(10)5-8(7)15-9(11,12)13/h3-5H,2H2,1H3. The highest BCUT2D eigenvalue weighted by atomic mass is 35.5. The van der Waals surface area contributed by atoms with Crippen molar-refractivity contribution in [2.75, 3.05) is 6.61 Å². The summed E-state index contributed by atoms with van der Waals surface area (Å²) in [4.78, 5) is 0. The monoisotopic (exact) mass is 240 g/mol. The summed E-state index contributed by atoms with van der Waals surface area (Å²) in [5.41, 5.74) is 0. The third-order valence-corrected chi connectivity index (χ3v) is 1.67. The van der Waals surface area contributed by atoms with Crippen molar-refractivity contribution in [2.45, 2.75) is 13.3 Å². The first-order valence-corrected chi connectivity index (χ1v) is 4.48. The van der Waals surface area contributed by atoms with Crippen molar-refractivity contribution in [3.8, 4) is 11.5 Å². The lowest BCUT2D eigenvalue weighted by atomic mass is 10.3. The van der Waals surface area contributed by atoms with E-state index in [0.717, 1.165) is 6.07 Å². The third kappa shape index (κ3) is 3.87. The fourth-order valence-electron chi connectivity index (χ4n) is 0.961. The zero-order valence-corrected chi connectivity index (χ0v) is 8.52. The van der Waals surface area contributed by atoms with E-state index in [1.807, 2.05) is 0 Å². The SMILES string of the molecule is CCOc1ccc(Cl)cc1OC(F)(F)F. The van der Waals surface area contributed by atoms with Gasteiger partial charge in [-0.05, 0) is 19.1 Å². The topological polar surface area (TPSA) is 18.5 Å². The Kier molecular flexibility index (Phi) is 3.68. The molecule has 0 N–H and O–H groups in total. The van der Waals surface area contributed by atoms with Crippen LogP contribution in [0.1, 0.15) is 6.92 Å². The maximum atomic E-state index is 12.0. The van der Waals surface area contributed by atoms with Crippen LogP contribution < -0.4 is 9.47 Å². The number of rotatable bonds is 3. The second-order valence-electron chi connectivity index (χ2n) is 2.57. The minimum Gasteiger partial charge on any atom is -0.490 e. The Labute approximate surface area is 89.6 Å². The Morgan fingerprint density at radius 3 is 2.47 bits per heavy atom. The molecule has 2 nitrogen and oxygen atoms in total. The van der Waals surface area contributed by atoms with E-state index in [0.29, 0.717) is 0 Å². The van der Waals surface area contributed by atoms with Gasteiger partial charge in [-0.25, -0.2) is 0 Å². The van der Waals surface area contributed by atoms with E-state index in [9.17, 15) is 13.2 Å². The van der Waals surface area contributed by atoms with Crippen molar-refractivity contribution in [3.63, 3.8) is 0 Å². The van der Waals surface area contributed by atoms with Gasteiger partial charge in [0.2, 0.25) is 0 Å². The second-order valence-corrected chi connectivity index (χ2v) is 3.01. The van der Waals surface area contributed by atoms with Crippen molar-refractivity contribution < 1.29 is 22.6 Å². The van der Waals surface area contributed by atoms with E-state index in [4.69, 9.17) is 16.3 Å². The summed E-state index contributed by atoms with van der Waals surface area (Å²) in [6, 6.07) is 3.81. The molecular weight excluding hydrogens is 233 g/mol. The number of hydrogen-bond donors (Lipinski definition) is 0. The van der Waals surface area contributed by atoms with Gasteiger partial charge in [-0.1, -0.05) is 11.6 Å². The van der Waals surface area contributed by atoms with Crippen LogP contribution in [0.4, 0.5) is 13.2 Å². The van der Waals surface area contributed by atoms with Crippen molar-refractivity contribution in [2.24, 2.45) is 0 Å². The number of hydrogen-bond acceptors (Lipinski definition) is 2. The molecule has 0 saturated heterocycles. The minimum atomic E-state index is -4.75. The summed E-state index contributed by atoms with van der Waals surface area (Å²) in [7, 11) is 0. The van der Waals surface area contributed by atoms with Crippen LogP contribution in [0.2, 0.25) is 5.02 Å². The number of benzene rings is 1. The molecule has 1 rings (SSSR count). The smallest absolute Gasteiger partial charge is 0.490 e. The predicted octanol–water partition coefficient (Wildman–Crippen LogP) is 3.64. The Hall–Kier alpha value is -1.10. The van der Waals surface area contributed by atoms with Crippen LogP contribution >= 0.6 is 11.6 Å². The molecule has 0 bridgehead atoms. The molecule has 0 radical (unpaired) electrons. The Balaban J connectivity index is 2.96. The van der Waals surface area contributed by atoms with Crippen LogP contribution in [0.5, 0.6) is 11.5 Å². The van der Waals surface area contributed by atoms with Crippen LogP contribution in [-0.4, -0.2) is 13.0 Å². The molecule has 0 aromatic heterocycles. The van der Waals surface area contributed by atoms with Crippen LogP contribution in [0, 0.1) is 0 Å².